The first-order valence-corrected chi connectivity index (χ1v) is 8.45. The Morgan fingerprint density at radius 1 is 1.35 bits per heavy atom. The van der Waals surface area contributed by atoms with Gasteiger partial charge < -0.3 is 14.4 Å². The minimum Gasteiger partial charge on any atom is -0.490 e. The van der Waals surface area contributed by atoms with Crippen LogP contribution in [0.2, 0.25) is 0 Å². The molecule has 23 heavy (non-hydrogen) atoms. The Morgan fingerprint density at radius 2 is 2.13 bits per heavy atom. The summed E-state index contributed by atoms with van der Waals surface area (Å²) >= 11 is 0. The molecule has 126 valence electrons. The van der Waals surface area contributed by atoms with Crippen LogP contribution in [-0.4, -0.2) is 43.2 Å². The number of rotatable bonds is 8. The summed E-state index contributed by atoms with van der Waals surface area (Å²) in [5.41, 5.74) is 0.558. The van der Waals surface area contributed by atoms with Gasteiger partial charge in [-0.05, 0) is 57.0 Å². The Kier molecular flexibility index (Phi) is 7.14. The smallest absolute Gasteiger partial charge is 0.338 e. The van der Waals surface area contributed by atoms with Gasteiger partial charge in [0.2, 0.25) is 0 Å². The van der Waals surface area contributed by atoms with Gasteiger partial charge in [-0.15, -0.1) is 0 Å². The largest absolute Gasteiger partial charge is 0.490 e. The molecule has 1 atom stereocenters. The second-order valence-electron chi connectivity index (χ2n) is 5.99. The summed E-state index contributed by atoms with van der Waals surface area (Å²) in [5, 5.41) is 0. The standard InChI is InChI=1S/C19H27NO3/c1-3-14-22-18-10-8-17(9-11-18)19(21)23-15-6-13-20-12-5-4-7-16(20)2/h3,8-11,16H,1,4-7,12-15H2,2H3. The fourth-order valence-electron chi connectivity index (χ4n) is 2.85. The number of nitrogens with zero attached hydrogens (tertiary/aromatic N) is 1. The molecular formula is C19H27NO3. The molecule has 4 nitrogen and oxygen atoms in total. The average Bonchev–Trinajstić information content (AvgIpc) is 2.58. The number of hydrogen-bond donors (Lipinski definition) is 0. The maximum atomic E-state index is 12.0. The summed E-state index contributed by atoms with van der Waals surface area (Å²) in [4.78, 5) is 14.5. The van der Waals surface area contributed by atoms with Crippen molar-refractivity contribution in [2.24, 2.45) is 0 Å². The molecule has 1 saturated heterocycles. The maximum absolute atomic E-state index is 12.0. The Hall–Kier alpha value is -1.81. The highest BCUT2D eigenvalue weighted by atomic mass is 16.5. The molecule has 1 aliphatic heterocycles. The van der Waals surface area contributed by atoms with E-state index in [1.807, 2.05) is 0 Å². The number of esters is 1. The van der Waals surface area contributed by atoms with Gasteiger partial charge in [0.05, 0.1) is 12.2 Å². The lowest BCUT2D eigenvalue weighted by molar-refractivity contribution is 0.0475. The van der Waals surface area contributed by atoms with Gasteiger partial charge in [0.25, 0.3) is 0 Å². The molecule has 2 rings (SSSR count). The van der Waals surface area contributed by atoms with E-state index in [4.69, 9.17) is 9.47 Å². The highest BCUT2D eigenvalue weighted by Gasteiger charge is 2.17. The van der Waals surface area contributed by atoms with Crippen molar-refractivity contribution < 1.29 is 14.3 Å². The van der Waals surface area contributed by atoms with Crippen molar-refractivity contribution in [2.75, 3.05) is 26.3 Å². The van der Waals surface area contributed by atoms with Crippen LogP contribution in [0.3, 0.4) is 0 Å². The van der Waals surface area contributed by atoms with Gasteiger partial charge in [-0.1, -0.05) is 19.1 Å². The van der Waals surface area contributed by atoms with Crippen molar-refractivity contribution in [2.45, 2.75) is 38.6 Å². The summed E-state index contributed by atoms with van der Waals surface area (Å²) < 4.78 is 10.7. The third-order valence-electron chi connectivity index (χ3n) is 4.22. The molecule has 1 aromatic carbocycles. The first kappa shape index (κ1) is 17.5. The molecule has 1 fully saturated rings. The summed E-state index contributed by atoms with van der Waals surface area (Å²) in [6.45, 7) is 8.97. The number of carbonyl (C=O) groups excluding carboxylic acids is 1. The average molecular weight is 317 g/mol. The molecule has 4 heteroatoms. The van der Waals surface area contributed by atoms with E-state index in [1.165, 1.54) is 25.8 Å². The van der Waals surface area contributed by atoms with Crippen molar-refractivity contribution in [3.8, 4) is 5.75 Å². The first-order valence-electron chi connectivity index (χ1n) is 8.45. The Balaban J connectivity index is 1.68. The van der Waals surface area contributed by atoms with Gasteiger partial charge >= 0.3 is 5.97 Å². The van der Waals surface area contributed by atoms with Crippen molar-refractivity contribution in [3.05, 3.63) is 42.5 Å². The van der Waals surface area contributed by atoms with Crippen molar-refractivity contribution in [1.29, 1.82) is 0 Å². The van der Waals surface area contributed by atoms with Crippen LogP contribution in [0.4, 0.5) is 0 Å². The third kappa shape index (κ3) is 5.71. The van der Waals surface area contributed by atoms with Crippen LogP contribution in [0.5, 0.6) is 5.75 Å². The fraction of sp³-hybridized carbons (Fsp3) is 0.526. The summed E-state index contributed by atoms with van der Waals surface area (Å²) in [6.07, 6.45) is 6.46. The number of carbonyl (C=O) groups is 1. The van der Waals surface area contributed by atoms with Gasteiger partial charge in [0.15, 0.2) is 0 Å². The van der Waals surface area contributed by atoms with Crippen LogP contribution in [-0.2, 0) is 4.74 Å². The lowest BCUT2D eigenvalue weighted by Crippen LogP contribution is -2.38. The number of piperidine rings is 1. The van der Waals surface area contributed by atoms with Gasteiger partial charge in [-0.3, -0.25) is 0 Å². The van der Waals surface area contributed by atoms with Crippen LogP contribution < -0.4 is 4.74 Å². The summed E-state index contributed by atoms with van der Waals surface area (Å²) in [7, 11) is 0. The van der Waals surface area contributed by atoms with Gasteiger partial charge in [-0.2, -0.15) is 0 Å². The van der Waals surface area contributed by atoms with Gasteiger partial charge in [0.1, 0.15) is 12.4 Å². The SMILES string of the molecule is C=CCOc1ccc(C(=O)OCCCN2CCCCC2C)cc1. The maximum Gasteiger partial charge on any atom is 0.338 e. The molecule has 1 heterocycles. The lowest BCUT2D eigenvalue weighted by Gasteiger charge is -2.33. The zero-order valence-electron chi connectivity index (χ0n) is 14.0. The van der Waals surface area contributed by atoms with Crippen molar-refractivity contribution in [1.82, 2.24) is 4.90 Å². The van der Waals surface area contributed by atoms with E-state index in [2.05, 4.69) is 18.4 Å². The Labute approximate surface area is 139 Å². The fourth-order valence-corrected chi connectivity index (χ4v) is 2.85. The molecule has 0 aromatic heterocycles. The van der Waals surface area contributed by atoms with E-state index in [-0.39, 0.29) is 5.97 Å². The van der Waals surface area contributed by atoms with Crippen LogP contribution in [0.1, 0.15) is 43.0 Å². The predicted molar refractivity (Wildman–Crippen MR) is 91.9 cm³/mol. The molecule has 0 saturated carbocycles. The lowest BCUT2D eigenvalue weighted by atomic mass is 10.0. The van der Waals surface area contributed by atoms with Crippen molar-refractivity contribution >= 4 is 5.97 Å². The molecule has 0 aliphatic carbocycles. The zero-order chi connectivity index (χ0) is 16.5. The molecule has 1 unspecified atom stereocenters. The number of likely N-dealkylation sites (tertiary alicyclic amines) is 1. The quantitative estimate of drug-likeness (QED) is 0.416. The first-order chi connectivity index (χ1) is 11.2. The summed E-state index contributed by atoms with van der Waals surface area (Å²) in [6, 6.07) is 7.66. The van der Waals surface area contributed by atoms with Crippen LogP contribution in [0.15, 0.2) is 36.9 Å². The van der Waals surface area contributed by atoms with Crippen LogP contribution >= 0.6 is 0 Å². The molecule has 0 spiro atoms. The monoisotopic (exact) mass is 317 g/mol. The minimum absolute atomic E-state index is 0.271. The van der Waals surface area contributed by atoms with E-state index in [0.29, 0.717) is 24.8 Å². The highest BCUT2D eigenvalue weighted by Crippen LogP contribution is 2.16. The molecule has 0 amide bonds. The minimum atomic E-state index is -0.271. The van der Waals surface area contributed by atoms with E-state index < -0.39 is 0 Å². The molecule has 0 N–H and O–H groups in total. The topological polar surface area (TPSA) is 38.8 Å². The Morgan fingerprint density at radius 3 is 2.83 bits per heavy atom. The number of hydrogen-bond acceptors (Lipinski definition) is 4. The number of benzene rings is 1. The highest BCUT2D eigenvalue weighted by molar-refractivity contribution is 5.89. The van der Waals surface area contributed by atoms with E-state index in [1.54, 1.807) is 30.3 Å². The normalized spacial score (nSPS) is 18.4. The summed E-state index contributed by atoms with van der Waals surface area (Å²) in [5.74, 6) is 0.451. The van der Waals surface area contributed by atoms with Crippen molar-refractivity contribution in [3.63, 3.8) is 0 Å². The van der Waals surface area contributed by atoms with E-state index >= 15 is 0 Å². The molecule has 0 bridgehead atoms. The molecule has 0 radical (unpaired) electrons. The van der Waals surface area contributed by atoms with E-state index in [9.17, 15) is 4.79 Å². The molecule has 1 aromatic rings. The number of ether oxygens (including phenoxy) is 2. The van der Waals surface area contributed by atoms with Crippen LogP contribution in [0, 0.1) is 0 Å². The zero-order valence-corrected chi connectivity index (χ0v) is 14.0. The molecule has 1 aliphatic rings. The molecular weight excluding hydrogens is 290 g/mol. The third-order valence-corrected chi connectivity index (χ3v) is 4.22. The van der Waals surface area contributed by atoms with Gasteiger partial charge in [-0.25, -0.2) is 4.79 Å². The predicted octanol–water partition coefficient (Wildman–Crippen LogP) is 3.67. The van der Waals surface area contributed by atoms with Gasteiger partial charge in [0, 0.05) is 12.6 Å². The Bertz CT molecular complexity index is 498. The second-order valence-corrected chi connectivity index (χ2v) is 5.99. The van der Waals surface area contributed by atoms with Crippen LogP contribution in [0.25, 0.3) is 0 Å². The van der Waals surface area contributed by atoms with E-state index in [0.717, 1.165) is 18.7 Å². The second kappa shape index (κ2) is 9.36.